The molecule has 1 unspecified atom stereocenters. The molecule has 0 bridgehead atoms. The van der Waals surface area contributed by atoms with Gasteiger partial charge in [-0.25, -0.2) is 0 Å². The van der Waals surface area contributed by atoms with Crippen LogP contribution >= 0.6 is 11.3 Å². The minimum Gasteiger partial charge on any atom is -0.868 e. The smallest absolute Gasteiger partial charge is 0.240 e. The van der Waals surface area contributed by atoms with Crippen molar-refractivity contribution < 1.29 is 24.3 Å². The molecular weight excluding hydrogens is 388 g/mol. The molecule has 6 nitrogen and oxygen atoms in total. The zero-order valence-corrected chi connectivity index (χ0v) is 17.8. The number of hydrogen-bond acceptors (Lipinski definition) is 5. The number of ether oxygens (including phenoxy) is 1. The first kappa shape index (κ1) is 21.1. The molecule has 29 heavy (non-hydrogen) atoms. The lowest BCUT2D eigenvalue weighted by Gasteiger charge is -2.29. The van der Waals surface area contributed by atoms with Crippen LogP contribution in [-0.2, 0) is 4.79 Å². The molecule has 1 aliphatic heterocycles. The summed E-state index contributed by atoms with van der Waals surface area (Å²) >= 11 is 1.27. The molecule has 3 rings (SSSR count). The normalized spacial score (nSPS) is 16.8. The zero-order chi connectivity index (χ0) is 21.0. The molecule has 1 atom stereocenters. The Kier molecular flexibility index (Phi) is 6.71. The quantitative estimate of drug-likeness (QED) is 0.623. The van der Waals surface area contributed by atoms with Gasteiger partial charge in [0.25, 0.3) is 0 Å². The van der Waals surface area contributed by atoms with Crippen LogP contribution < -0.4 is 14.7 Å². The van der Waals surface area contributed by atoms with Gasteiger partial charge in [-0.15, -0.1) is 11.3 Å². The molecule has 0 saturated heterocycles. The Balaban J connectivity index is 1.99. The largest absolute Gasteiger partial charge is 0.868 e. The number of rotatable bonds is 9. The fourth-order valence-corrected chi connectivity index (χ4v) is 4.33. The van der Waals surface area contributed by atoms with Gasteiger partial charge in [0.1, 0.15) is 5.75 Å². The van der Waals surface area contributed by atoms with Gasteiger partial charge in [-0.05, 0) is 48.7 Å². The number of hydrogen-bond donors (Lipinski definition) is 1. The molecule has 1 N–H and O–H groups in total. The highest BCUT2D eigenvalue weighted by Crippen LogP contribution is 2.38. The summed E-state index contributed by atoms with van der Waals surface area (Å²) in [6.45, 7) is 7.19. The molecule has 1 aromatic carbocycles. The Morgan fingerprint density at radius 3 is 2.45 bits per heavy atom. The molecule has 2 heterocycles. The number of likely N-dealkylation sites (N-methyl/N-ethyl adjacent to an activating group) is 1. The summed E-state index contributed by atoms with van der Waals surface area (Å²) in [5.74, 6) is -0.984. The van der Waals surface area contributed by atoms with Gasteiger partial charge in [-0.1, -0.05) is 18.2 Å². The molecule has 0 aliphatic carbocycles. The van der Waals surface area contributed by atoms with Crippen molar-refractivity contribution in [1.29, 1.82) is 0 Å². The van der Waals surface area contributed by atoms with Crippen LogP contribution in [0.2, 0.25) is 0 Å². The lowest BCUT2D eigenvalue weighted by Crippen LogP contribution is -3.12. The second-order valence-electron chi connectivity index (χ2n) is 6.93. The SMILES string of the molecule is CC[NH+](CC)CCN1C(=O)C([O-])=C(C(=O)c2cccs2)C1c1ccc(OC)cc1. The monoisotopic (exact) mass is 414 g/mol. The molecule has 1 aliphatic rings. The van der Waals surface area contributed by atoms with E-state index in [-0.39, 0.29) is 11.4 Å². The predicted octanol–water partition coefficient (Wildman–Crippen LogP) is 1.06. The maximum Gasteiger partial charge on any atom is 0.240 e. The van der Waals surface area contributed by atoms with Crippen molar-refractivity contribution >= 4 is 23.0 Å². The molecular formula is C22H26N2O4S. The summed E-state index contributed by atoms with van der Waals surface area (Å²) < 4.78 is 5.22. The summed E-state index contributed by atoms with van der Waals surface area (Å²) in [4.78, 5) is 29.3. The van der Waals surface area contributed by atoms with E-state index in [9.17, 15) is 14.7 Å². The van der Waals surface area contributed by atoms with Crippen LogP contribution in [0, 0.1) is 0 Å². The molecule has 1 amide bonds. The van der Waals surface area contributed by atoms with Crippen molar-refractivity contribution in [3.8, 4) is 5.75 Å². The van der Waals surface area contributed by atoms with Crippen molar-refractivity contribution in [2.45, 2.75) is 19.9 Å². The van der Waals surface area contributed by atoms with Crippen molar-refractivity contribution in [1.82, 2.24) is 4.90 Å². The fraction of sp³-hybridized carbons (Fsp3) is 0.364. The van der Waals surface area contributed by atoms with Crippen molar-refractivity contribution in [3.05, 3.63) is 63.6 Å². The first-order valence-corrected chi connectivity index (χ1v) is 10.7. The third-order valence-electron chi connectivity index (χ3n) is 5.41. The van der Waals surface area contributed by atoms with Crippen molar-refractivity contribution in [2.75, 3.05) is 33.3 Å². The van der Waals surface area contributed by atoms with E-state index in [1.165, 1.54) is 16.2 Å². The molecule has 0 spiro atoms. The topological polar surface area (TPSA) is 74.1 Å². The predicted molar refractivity (Wildman–Crippen MR) is 110 cm³/mol. The average Bonchev–Trinajstić information content (AvgIpc) is 3.37. The molecule has 1 aromatic heterocycles. The number of thiophene rings is 1. The third kappa shape index (κ3) is 4.21. The number of quaternary nitrogens is 1. The Labute approximate surface area is 175 Å². The van der Waals surface area contributed by atoms with Crippen LogP contribution in [0.15, 0.2) is 53.1 Å². The van der Waals surface area contributed by atoms with Gasteiger partial charge < -0.3 is 19.6 Å². The fourth-order valence-electron chi connectivity index (χ4n) is 3.66. The number of nitrogens with zero attached hydrogens (tertiary/aromatic N) is 1. The van der Waals surface area contributed by atoms with Crippen LogP contribution in [0.5, 0.6) is 5.75 Å². The first-order chi connectivity index (χ1) is 14.0. The summed E-state index contributed by atoms with van der Waals surface area (Å²) in [5, 5.41) is 14.7. The van der Waals surface area contributed by atoms with Gasteiger partial charge in [0.05, 0.1) is 44.2 Å². The highest BCUT2D eigenvalue weighted by atomic mass is 32.1. The number of carbonyl (C=O) groups excluding carboxylic acids is 2. The lowest BCUT2D eigenvalue weighted by atomic mass is 9.95. The summed E-state index contributed by atoms with van der Waals surface area (Å²) in [6, 6.07) is 9.97. The second kappa shape index (κ2) is 9.24. The number of ketones is 1. The Hall–Kier alpha value is -2.64. The standard InChI is InChI=1S/C22H26N2O4S/c1-4-23(5-2)12-13-24-19(15-8-10-16(28-3)11-9-15)18(21(26)22(24)27)20(25)17-7-6-14-29-17/h6-11,14,19,26H,4-5,12-13H2,1-3H3. The lowest BCUT2D eigenvalue weighted by molar-refractivity contribution is -0.895. The Morgan fingerprint density at radius 2 is 1.90 bits per heavy atom. The van der Waals surface area contributed by atoms with E-state index in [1.807, 2.05) is 12.1 Å². The maximum atomic E-state index is 13.1. The van der Waals surface area contributed by atoms with Crippen molar-refractivity contribution in [2.24, 2.45) is 0 Å². The molecule has 7 heteroatoms. The Bertz CT molecular complexity index is 886. The van der Waals surface area contributed by atoms with E-state index in [4.69, 9.17) is 4.74 Å². The van der Waals surface area contributed by atoms with E-state index in [1.54, 1.807) is 41.7 Å². The number of nitrogens with one attached hydrogen (secondary N) is 1. The first-order valence-electron chi connectivity index (χ1n) is 9.79. The minimum atomic E-state index is -0.696. The van der Waals surface area contributed by atoms with E-state index < -0.39 is 17.7 Å². The van der Waals surface area contributed by atoms with E-state index >= 15 is 0 Å². The van der Waals surface area contributed by atoms with Gasteiger partial charge in [0.15, 0.2) is 0 Å². The minimum absolute atomic E-state index is 0.0390. The van der Waals surface area contributed by atoms with Gasteiger partial charge in [-0.3, -0.25) is 9.59 Å². The average molecular weight is 415 g/mol. The number of Topliss-reactive ketones (excluding diaryl/α,β-unsaturated/α-hetero) is 1. The van der Waals surface area contributed by atoms with Gasteiger partial charge in [0, 0.05) is 5.57 Å². The van der Waals surface area contributed by atoms with Crippen molar-refractivity contribution in [3.63, 3.8) is 0 Å². The summed E-state index contributed by atoms with van der Waals surface area (Å²) in [6.07, 6.45) is 0. The molecule has 0 saturated carbocycles. The molecule has 154 valence electrons. The van der Waals surface area contributed by atoms with E-state index in [0.29, 0.717) is 17.2 Å². The van der Waals surface area contributed by atoms with Crippen LogP contribution in [-0.4, -0.2) is 49.9 Å². The number of carbonyl (C=O) groups is 2. The maximum absolute atomic E-state index is 13.1. The number of methoxy groups -OCH3 is 1. The Morgan fingerprint density at radius 1 is 1.21 bits per heavy atom. The highest BCUT2D eigenvalue weighted by Gasteiger charge is 2.40. The third-order valence-corrected chi connectivity index (χ3v) is 6.28. The molecule has 2 aromatic rings. The summed E-state index contributed by atoms with van der Waals surface area (Å²) in [7, 11) is 1.58. The number of amides is 1. The molecule has 0 fully saturated rings. The van der Waals surface area contributed by atoms with Crippen LogP contribution in [0.1, 0.15) is 35.1 Å². The van der Waals surface area contributed by atoms with Gasteiger partial charge in [0.2, 0.25) is 11.7 Å². The second-order valence-corrected chi connectivity index (χ2v) is 7.88. The van der Waals surface area contributed by atoms with E-state index in [2.05, 4.69) is 13.8 Å². The van der Waals surface area contributed by atoms with Crippen LogP contribution in [0.3, 0.4) is 0 Å². The van der Waals surface area contributed by atoms with Crippen LogP contribution in [0.4, 0.5) is 0 Å². The van der Waals surface area contributed by atoms with Crippen LogP contribution in [0.25, 0.3) is 0 Å². The summed E-state index contributed by atoms with van der Waals surface area (Å²) in [5.41, 5.74) is 0.775. The zero-order valence-electron chi connectivity index (χ0n) is 16.9. The van der Waals surface area contributed by atoms with E-state index in [0.717, 1.165) is 25.2 Å². The molecule has 0 radical (unpaired) electrons. The van der Waals surface area contributed by atoms with Gasteiger partial charge in [-0.2, -0.15) is 0 Å². The van der Waals surface area contributed by atoms with Gasteiger partial charge >= 0.3 is 0 Å². The number of benzene rings is 1. The highest BCUT2D eigenvalue weighted by molar-refractivity contribution is 7.12.